The lowest BCUT2D eigenvalue weighted by Gasteiger charge is -2.24. The molecule has 68 valence electrons. The first-order chi connectivity index (χ1) is 5.53. The fraction of sp³-hybridized carbons (Fsp3) is 0.667. The Balaban J connectivity index is 2.94. The molecule has 0 radical (unpaired) electrons. The summed E-state index contributed by atoms with van der Waals surface area (Å²) in [7, 11) is 1.32. The van der Waals surface area contributed by atoms with E-state index in [-0.39, 0.29) is 4.83 Å². The Morgan fingerprint density at radius 1 is 1.67 bits per heavy atom. The fourth-order valence-corrected chi connectivity index (χ4v) is 1.44. The average Bonchev–Trinajstić information content (AvgIpc) is 2.26. The molecule has 5 nitrogen and oxygen atoms in total. The van der Waals surface area contributed by atoms with E-state index in [0.717, 1.165) is 0 Å². The van der Waals surface area contributed by atoms with Gasteiger partial charge < -0.3 is 9.47 Å². The first-order valence-electron chi connectivity index (χ1n) is 3.26. The van der Waals surface area contributed by atoms with Gasteiger partial charge in [-0.15, -0.1) is 0 Å². The van der Waals surface area contributed by atoms with E-state index in [1.807, 2.05) is 0 Å². The van der Waals surface area contributed by atoms with E-state index in [1.165, 1.54) is 7.11 Å². The summed E-state index contributed by atoms with van der Waals surface area (Å²) in [4.78, 5) is 21.4. The lowest BCUT2D eigenvalue weighted by Crippen LogP contribution is -2.54. The number of amides is 1. The summed E-state index contributed by atoms with van der Waals surface area (Å²) in [6, 6.07) is 0. The Bertz CT molecular complexity index is 230. The van der Waals surface area contributed by atoms with Crippen LogP contribution in [0.3, 0.4) is 0 Å². The molecule has 2 atom stereocenters. The van der Waals surface area contributed by atoms with Gasteiger partial charge in [-0.25, -0.2) is 9.59 Å². The molecular formula is C6H8BrNO4. The van der Waals surface area contributed by atoms with Gasteiger partial charge in [0, 0.05) is 7.11 Å². The highest BCUT2D eigenvalue weighted by molar-refractivity contribution is 9.09. The van der Waals surface area contributed by atoms with Crippen LogP contribution in [0.5, 0.6) is 0 Å². The molecule has 1 amide bonds. The third kappa shape index (κ3) is 1.21. The molecule has 1 fully saturated rings. The van der Waals surface area contributed by atoms with Crippen molar-refractivity contribution in [2.24, 2.45) is 0 Å². The van der Waals surface area contributed by atoms with E-state index >= 15 is 0 Å². The number of esters is 1. The van der Waals surface area contributed by atoms with Crippen molar-refractivity contribution in [3.8, 4) is 0 Å². The Kier molecular flexibility index (Phi) is 2.39. The predicted octanol–water partition coefficient (Wildman–Crippen LogP) is 0.379. The van der Waals surface area contributed by atoms with Crippen molar-refractivity contribution in [3.63, 3.8) is 0 Å². The molecule has 0 bridgehead atoms. The highest BCUT2D eigenvalue weighted by Gasteiger charge is 2.52. The lowest BCUT2D eigenvalue weighted by molar-refractivity contribution is -0.154. The first kappa shape index (κ1) is 9.47. The molecule has 2 unspecified atom stereocenters. The second kappa shape index (κ2) is 3.02. The molecule has 1 aliphatic heterocycles. The van der Waals surface area contributed by atoms with Gasteiger partial charge in [-0.1, -0.05) is 15.9 Å². The second-order valence-corrected chi connectivity index (χ2v) is 3.73. The van der Waals surface area contributed by atoms with Gasteiger partial charge in [0.05, 0.1) is 4.83 Å². The van der Waals surface area contributed by atoms with Crippen LogP contribution in [0, 0.1) is 0 Å². The molecule has 12 heavy (non-hydrogen) atoms. The van der Waals surface area contributed by atoms with Gasteiger partial charge >= 0.3 is 12.1 Å². The summed E-state index contributed by atoms with van der Waals surface area (Å²) < 4.78 is 9.17. The highest BCUT2D eigenvalue weighted by atomic mass is 79.9. The molecule has 0 aromatic heterocycles. The third-order valence-corrected chi connectivity index (χ3v) is 2.30. The normalized spacial score (nSPS) is 31.2. The van der Waals surface area contributed by atoms with Crippen molar-refractivity contribution in [2.75, 3.05) is 7.11 Å². The SMILES string of the molecule is COC1(C(C)Br)NC(=O)OC1=O. The quantitative estimate of drug-likeness (QED) is 0.429. The Morgan fingerprint density at radius 2 is 2.25 bits per heavy atom. The van der Waals surface area contributed by atoms with Gasteiger partial charge in [0.2, 0.25) is 0 Å². The maximum Gasteiger partial charge on any atom is 0.417 e. The molecule has 0 spiro atoms. The summed E-state index contributed by atoms with van der Waals surface area (Å²) in [5.74, 6) is -0.723. The average molecular weight is 238 g/mol. The van der Waals surface area contributed by atoms with Crippen molar-refractivity contribution in [3.05, 3.63) is 0 Å². The highest BCUT2D eigenvalue weighted by Crippen LogP contribution is 2.24. The molecule has 0 saturated carbocycles. The summed E-state index contributed by atoms with van der Waals surface area (Å²) in [6.07, 6.45) is -0.784. The number of hydrogen-bond acceptors (Lipinski definition) is 4. The maximum absolute atomic E-state index is 11.1. The van der Waals surface area contributed by atoms with Crippen molar-refractivity contribution < 1.29 is 19.1 Å². The summed E-state index contributed by atoms with van der Waals surface area (Å²) in [5, 5.41) is 2.29. The van der Waals surface area contributed by atoms with Crippen LogP contribution in [0.25, 0.3) is 0 Å². The number of alkyl halides is 1. The maximum atomic E-state index is 11.1. The number of carbonyl (C=O) groups is 2. The summed E-state index contributed by atoms with van der Waals surface area (Å²) in [6.45, 7) is 1.68. The Hall–Kier alpha value is -0.620. The van der Waals surface area contributed by atoms with E-state index in [9.17, 15) is 9.59 Å². The molecular weight excluding hydrogens is 230 g/mol. The second-order valence-electron chi connectivity index (χ2n) is 2.36. The van der Waals surface area contributed by atoms with E-state index < -0.39 is 17.8 Å². The largest absolute Gasteiger partial charge is 0.417 e. The number of carbonyl (C=O) groups excluding carboxylic acids is 2. The number of halogens is 1. The molecule has 1 heterocycles. The molecule has 1 N–H and O–H groups in total. The minimum atomic E-state index is -1.38. The minimum Gasteiger partial charge on any atom is -0.373 e. The number of hydrogen-bond donors (Lipinski definition) is 1. The number of ether oxygens (including phenoxy) is 2. The molecule has 6 heteroatoms. The van der Waals surface area contributed by atoms with E-state index in [4.69, 9.17) is 4.74 Å². The van der Waals surface area contributed by atoms with Crippen LogP contribution >= 0.6 is 15.9 Å². The number of rotatable bonds is 2. The van der Waals surface area contributed by atoms with Crippen molar-refractivity contribution >= 4 is 28.0 Å². The Labute approximate surface area is 77.5 Å². The zero-order chi connectivity index (χ0) is 9.35. The van der Waals surface area contributed by atoms with Crippen molar-refractivity contribution in [1.82, 2.24) is 5.32 Å². The van der Waals surface area contributed by atoms with E-state index in [0.29, 0.717) is 0 Å². The summed E-state index contributed by atoms with van der Waals surface area (Å²) >= 11 is 3.15. The van der Waals surface area contributed by atoms with Gasteiger partial charge in [0.25, 0.3) is 5.72 Å². The van der Waals surface area contributed by atoms with Gasteiger partial charge in [0.1, 0.15) is 0 Å². The molecule has 0 aliphatic carbocycles. The molecule has 0 aromatic rings. The third-order valence-electron chi connectivity index (χ3n) is 1.66. The van der Waals surface area contributed by atoms with Gasteiger partial charge in [0.15, 0.2) is 0 Å². The van der Waals surface area contributed by atoms with Crippen LogP contribution in [-0.4, -0.2) is 29.7 Å². The van der Waals surface area contributed by atoms with Gasteiger partial charge in [-0.3, -0.25) is 5.32 Å². The zero-order valence-corrected chi connectivity index (χ0v) is 8.17. The molecule has 1 aliphatic rings. The van der Waals surface area contributed by atoms with Gasteiger partial charge in [-0.2, -0.15) is 0 Å². The number of cyclic esters (lactones) is 2. The topological polar surface area (TPSA) is 64.6 Å². The number of alkyl carbamates (subject to hydrolysis) is 1. The predicted molar refractivity (Wildman–Crippen MR) is 42.8 cm³/mol. The van der Waals surface area contributed by atoms with Crippen LogP contribution in [0.4, 0.5) is 4.79 Å². The van der Waals surface area contributed by atoms with E-state index in [2.05, 4.69) is 26.0 Å². The van der Waals surface area contributed by atoms with E-state index in [1.54, 1.807) is 6.92 Å². The molecule has 1 rings (SSSR count). The smallest absolute Gasteiger partial charge is 0.373 e. The molecule has 1 saturated heterocycles. The van der Waals surface area contributed by atoms with Crippen LogP contribution < -0.4 is 5.32 Å². The zero-order valence-electron chi connectivity index (χ0n) is 6.59. The minimum absolute atomic E-state index is 0.353. The standard InChI is InChI=1S/C6H8BrNO4/c1-3(7)6(11-2)4(9)12-5(10)8-6/h3H,1-2H3,(H,8,10). The molecule has 0 aromatic carbocycles. The number of nitrogens with one attached hydrogen (secondary N) is 1. The van der Waals surface area contributed by atoms with Gasteiger partial charge in [-0.05, 0) is 6.92 Å². The first-order valence-corrected chi connectivity index (χ1v) is 4.18. The fourth-order valence-electron chi connectivity index (χ4n) is 0.947. The number of methoxy groups -OCH3 is 1. The monoisotopic (exact) mass is 237 g/mol. The Morgan fingerprint density at radius 3 is 2.42 bits per heavy atom. The lowest BCUT2D eigenvalue weighted by atomic mass is 10.2. The van der Waals surface area contributed by atoms with Crippen LogP contribution in [0.15, 0.2) is 0 Å². The van der Waals surface area contributed by atoms with Crippen molar-refractivity contribution in [1.29, 1.82) is 0 Å². The van der Waals surface area contributed by atoms with Crippen LogP contribution in [-0.2, 0) is 14.3 Å². The summed E-state index contributed by atoms with van der Waals surface area (Å²) in [5.41, 5.74) is -1.38. The van der Waals surface area contributed by atoms with Crippen molar-refractivity contribution in [2.45, 2.75) is 17.5 Å². The van der Waals surface area contributed by atoms with Crippen LogP contribution in [0.1, 0.15) is 6.92 Å². The van der Waals surface area contributed by atoms with Crippen LogP contribution in [0.2, 0.25) is 0 Å².